The van der Waals surface area contributed by atoms with Crippen molar-refractivity contribution in [1.82, 2.24) is 0 Å². The summed E-state index contributed by atoms with van der Waals surface area (Å²) in [7, 11) is -1.82. The minimum atomic E-state index is -0.911. The van der Waals surface area contributed by atoms with E-state index in [1.165, 1.54) is 22.7 Å². The second-order valence-electron chi connectivity index (χ2n) is 6.81. The lowest BCUT2D eigenvalue weighted by molar-refractivity contribution is 0.367. The number of nitrogens with zero attached hydrogens (tertiary/aromatic N) is 4. The van der Waals surface area contributed by atoms with E-state index in [9.17, 15) is 0 Å². The molecule has 2 aromatic carbocycles. The molecule has 5 rings (SSSR count). The largest absolute Gasteiger partial charge is 0.323 e. The van der Waals surface area contributed by atoms with Crippen LogP contribution < -0.4 is 18.7 Å². The second kappa shape index (κ2) is 7.68. The van der Waals surface area contributed by atoms with Crippen LogP contribution in [0, 0.1) is 0 Å². The van der Waals surface area contributed by atoms with Gasteiger partial charge in [-0.15, -0.1) is 0 Å². The van der Waals surface area contributed by atoms with E-state index in [0.29, 0.717) is 13.2 Å². The normalized spacial score (nSPS) is 23.1. The van der Waals surface area contributed by atoms with Gasteiger partial charge in [0.15, 0.2) is 0 Å². The highest BCUT2D eigenvalue weighted by Crippen LogP contribution is 2.63. The van der Waals surface area contributed by atoms with Gasteiger partial charge in [0.05, 0.1) is 36.0 Å². The molecule has 2 aromatic rings. The summed E-state index contributed by atoms with van der Waals surface area (Å²) in [6.45, 7) is 9.40. The lowest BCUT2D eigenvalue weighted by atomic mass is 10.2. The van der Waals surface area contributed by atoms with Crippen LogP contribution in [0.1, 0.15) is 13.8 Å². The minimum absolute atomic E-state index is 0.710. The maximum Gasteiger partial charge on any atom is 0.248 e. The Hall–Kier alpha value is -1.58. The topological polar surface area (TPSA) is 31.4 Å². The van der Waals surface area contributed by atoms with Gasteiger partial charge in [0.2, 0.25) is 16.9 Å². The molecule has 3 aliphatic rings. The third-order valence-electron chi connectivity index (χ3n) is 5.24. The number of anilines is 4. The summed E-state index contributed by atoms with van der Waals surface area (Å²) in [6, 6.07) is 17.4. The molecule has 1 fully saturated rings. The Morgan fingerprint density at radius 1 is 0.607 bits per heavy atom. The van der Waals surface area contributed by atoms with E-state index < -0.39 is 16.9 Å². The van der Waals surface area contributed by atoms with Crippen molar-refractivity contribution in [3.8, 4) is 0 Å². The van der Waals surface area contributed by atoms with Crippen molar-refractivity contribution in [2.75, 3.05) is 58.1 Å². The highest BCUT2D eigenvalue weighted by molar-refractivity contribution is 7.57. The molecule has 0 atom stereocenters. The molecule has 3 heterocycles. The molecule has 6 nitrogen and oxygen atoms in total. The zero-order valence-corrected chi connectivity index (χ0v) is 18.2. The molecule has 8 heteroatoms. The third kappa shape index (κ3) is 2.86. The Morgan fingerprint density at radius 2 is 0.893 bits per heavy atom. The highest BCUT2D eigenvalue weighted by Gasteiger charge is 2.43. The summed E-state index contributed by atoms with van der Waals surface area (Å²) in [4.78, 5) is 0. The third-order valence-corrected chi connectivity index (χ3v) is 9.53. The van der Waals surface area contributed by atoms with E-state index in [-0.39, 0.29) is 0 Å². The second-order valence-corrected chi connectivity index (χ2v) is 10.3. The lowest BCUT2D eigenvalue weighted by Crippen LogP contribution is -2.48. The van der Waals surface area contributed by atoms with Crippen molar-refractivity contribution >= 4 is 39.6 Å². The Labute approximate surface area is 169 Å². The Kier molecular flexibility index (Phi) is 5.06. The van der Waals surface area contributed by atoms with Gasteiger partial charge in [0.25, 0.3) is 0 Å². The molecule has 1 saturated heterocycles. The fraction of sp³-hybridized carbons (Fsp3) is 0.400. The first-order valence-electron chi connectivity index (χ1n) is 9.97. The van der Waals surface area contributed by atoms with Gasteiger partial charge in [0.1, 0.15) is 0 Å². The quantitative estimate of drug-likeness (QED) is 0.639. The first-order chi connectivity index (χ1) is 13.8. The monoisotopic (exact) mass is 416 g/mol. The molecule has 0 saturated carbocycles. The number of rotatable bonds is 4. The molecule has 0 radical (unpaired) electrons. The van der Waals surface area contributed by atoms with Gasteiger partial charge in [-0.25, -0.2) is 0 Å². The van der Waals surface area contributed by atoms with E-state index in [1.807, 2.05) is 0 Å². The molecular formula is C20H26N4O2P2. The summed E-state index contributed by atoms with van der Waals surface area (Å²) in [5.41, 5.74) is 5.02. The van der Waals surface area contributed by atoms with Crippen LogP contribution in [0.2, 0.25) is 0 Å². The average molecular weight is 416 g/mol. The van der Waals surface area contributed by atoms with Gasteiger partial charge in [-0.3, -0.25) is 0 Å². The molecule has 0 spiro atoms. The summed E-state index contributed by atoms with van der Waals surface area (Å²) in [5.74, 6) is 0. The average Bonchev–Trinajstić information content (AvgIpc) is 2.75. The van der Waals surface area contributed by atoms with E-state index in [2.05, 4.69) is 81.1 Å². The lowest BCUT2D eigenvalue weighted by Gasteiger charge is -2.53. The van der Waals surface area contributed by atoms with E-state index in [0.717, 1.165) is 26.2 Å². The van der Waals surface area contributed by atoms with Gasteiger partial charge < -0.3 is 27.7 Å². The molecule has 4 bridgehead atoms. The number of para-hydroxylation sites is 4. The van der Waals surface area contributed by atoms with Crippen molar-refractivity contribution in [3.05, 3.63) is 48.5 Å². The first kappa shape index (κ1) is 18.4. The van der Waals surface area contributed by atoms with E-state index in [4.69, 9.17) is 9.05 Å². The molecule has 3 aliphatic heterocycles. The summed E-state index contributed by atoms with van der Waals surface area (Å²) in [6.07, 6.45) is 0. The molecule has 0 N–H and O–H groups in total. The van der Waals surface area contributed by atoms with Gasteiger partial charge in [0, 0.05) is 26.2 Å². The van der Waals surface area contributed by atoms with Crippen LogP contribution >= 0.6 is 16.9 Å². The SMILES string of the molecule is CCOP1N2CCN(c3ccccc32)P(OCC)N2CCN1c1ccccc12. The van der Waals surface area contributed by atoms with Crippen LogP contribution in [0.15, 0.2) is 48.5 Å². The molecule has 0 aliphatic carbocycles. The fourth-order valence-electron chi connectivity index (χ4n) is 4.14. The standard InChI is InChI=1S/C20H26N4O2P2/c1-3-25-27-21-13-15-23(19-11-7-5-9-17(19)21)28(26-4-2)24-16-14-22(27)18-10-6-8-12-20(18)24/h5-12H,3-4,13-16H2,1-2H3. The fourth-order valence-corrected chi connectivity index (χ4v) is 8.14. The van der Waals surface area contributed by atoms with Crippen molar-refractivity contribution in [2.24, 2.45) is 0 Å². The Bertz CT molecular complexity index is 723. The molecule has 148 valence electrons. The maximum atomic E-state index is 6.41. The molecule has 28 heavy (non-hydrogen) atoms. The molecule has 0 aromatic heterocycles. The number of hydrogen-bond donors (Lipinski definition) is 0. The van der Waals surface area contributed by atoms with Crippen LogP contribution in [-0.2, 0) is 9.05 Å². The van der Waals surface area contributed by atoms with E-state index >= 15 is 0 Å². The smallest absolute Gasteiger partial charge is 0.248 e. The van der Waals surface area contributed by atoms with Crippen molar-refractivity contribution in [1.29, 1.82) is 0 Å². The van der Waals surface area contributed by atoms with Gasteiger partial charge in [-0.05, 0) is 38.1 Å². The van der Waals surface area contributed by atoms with Gasteiger partial charge in [-0.2, -0.15) is 0 Å². The zero-order valence-electron chi connectivity index (χ0n) is 16.4. The van der Waals surface area contributed by atoms with Gasteiger partial charge in [-0.1, -0.05) is 24.3 Å². The molecule has 0 unspecified atom stereocenters. The van der Waals surface area contributed by atoms with Crippen LogP contribution in [0.5, 0.6) is 0 Å². The van der Waals surface area contributed by atoms with Crippen LogP contribution in [-0.4, -0.2) is 39.4 Å². The van der Waals surface area contributed by atoms with Crippen molar-refractivity contribution in [2.45, 2.75) is 13.8 Å². The Balaban J connectivity index is 1.72. The van der Waals surface area contributed by atoms with E-state index in [1.54, 1.807) is 0 Å². The number of benzene rings is 2. The van der Waals surface area contributed by atoms with Crippen LogP contribution in [0.25, 0.3) is 0 Å². The highest BCUT2D eigenvalue weighted by atomic mass is 31.2. The first-order valence-corrected chi connectivity index (χ1v) is 12.3. The summed E-state index contributed by atoms with van der Waals surface area (Å²) in [5, 5.41) is 0. The molecular weight excluding hydrogens is 390 g/mol. The van der Waals surface area contributed by atoms with Crippen molar-refractivity contribution in [3.63, 3.8) is 0 Å². The summed E-state index contributed by atoms with van der Waals surface area (Å²) >= 11 is 0. The zero-order chi connectivity index (χ0) is 19.1. The Morgan fingerprint density at radius 3 is 1.14 bits per heavy atom. The maximum absolute atomic E-state index is 6.41. The predicted octanol–water partition coefficient (Wildman–Crippen LogP) is 5.18. The van der Waals surface area contributed by atoms with Gasteiger partial charge >= 0.3 is 0 Å². The van der Waals surface area contributed by atoms with Crippen molar-refractivity contribution < 1.29 is 9.05 Å². The predicted molar refractivity (Wildman–Crippen MR) is 119 cm³/mol. The van der Waals surface area contributed by atoms with Crippen LogP contribution in [0.3, 0.4) is 0 Å². The van der Waals surface area contributed by atoms with Crippen LogP contribution in [0.4, 0.5) is 22.7 Å². The number of fused-ring (bicyclic) bond motifs is 12. The summed E-state index contributed by atoms with van der Waals surface area (Å²) < 4.78 is 22.8. The minimum Gasteiger partial charge on any atom is -0.323 e. The number of hydrogen-bond acceptors (Lipinski definition) is 6. The molecule has 0 amide bonds.